The molecule has 1 atom stereocenters. The van der Waals surface area contributed by atoms with Crippen LogP contribution in [0, 0.1) is 0 Å². The van der Waals surface area contributed by atoms with Crippen LogP contribution in [0.15, 0.2) is 27.1 Å². The van der Waals surface area contributed by atoms with Gasteiger partial charge in [0.05, 0.1) is 13.0 Å². The first-order valence-electron chi connectivity index (χ1n) is 6.05. The molecule has 0 heterocycles. The third kappa shape index (κ3) is 5.84. The van der Waals surface area contributed by atoms with Gasteiger partial charge in [-0.25, -0.2) is 0 Å². The molecule has 0 aliphatic rings. The maximum Gasteiger partial charge on any atom is 0.308 e. The molecule has 0 aliphatic carbocycles. The predicted octanol–water partition coefficient (Wildman–Crippen LogP) is 1.75. The average molecular weight is 422 g/mol. The summed E-state index contributed by atoms with van der Waals surface area (Å²) in [6.45, 7) is 1.84. The number of halogens is 2. The van der Waals surface area contributed by atoms with E-state index in [1.165, 1.54) is 0 Å². The van der Waals surface area contributed by atoms with Crippen molar-refractivity contribution < 1.29 is 19.1 Å². The van der Waals surface area contributed by atoms with Gasteiger partial charge >= 0.3 is 5.97 Å². The number of benzene rings is 1. The zero-order valence-electron chi connectivity index (χ0n) is 11.2. The fourth-order valence-corrected chi connectivity index (χ4v) is 2.83. The van der Waals surface area contributed by atoms with Gasteiger partial charge in [0.1, 0.15) is 6.04 Å². The zero-order chi connectivity index (χ0) is 16.0. The molecule has 1 rings (SSSR count). The topological polar surface area (TPSA) is 98.5 Å². The maximum atomic E-state index is 12.1. The highest BCUT2D eigenvalue weighted by molar-refractivity contribution is 9.11. The van der Waals surface area contributed by atoms with Crippen LogP contribution in [0.3, 0.4) is 0 Å². The first-order valence-corrected chi connectivity index (χ1v) is 7.64. The smallest absolute Gasteiger partial charge is 0.308 e. The Morgan fingerprint density at radius 3 is 2.29 bits per heavy atom. The van der Waals surface area contributed by atoms with Gasteiger partial charge in [0.25, 0.3) is 5.91 Å². The minimum absolute atomic E-state index is 0.191. The number of nitrogens with two attached hydrogens (primary N) is 1. The number of carbonyl (C=O) groups is 3. The lowest BCUT2D eigenvalue weighted by molar-refractivity contribution is -0.145. The van der Waals surface area contributed by atoms with E-state index in [9.17, 15) is 14.4 Å². The summed E-state index contributed by atoms with van der Waals surface area (Å²) in [7, 11) is 0. The van der Waals surface area contributed by atoms with Crippen LogP contribution in [0.2, 0.25) is 0 Å². The van der Waals surface area contributed by atoms with Crippen molar-refractivity contribution in [3.05, 3.63) is 32.7 Å². The van der Waals surface area contributed by atoms with E-state index < -0.39 is 23.8 Å². The molecule has 0 fully saturated rings. The van der Waals surface area contributed by atoms with Crippen LogP contribution >= 0.6 is 31.9 Å². The van der Waals surface area contributed by atoms with Crippen LogP contribution < -0.4 is 11.1 Å². The first kappa shape index (κ1) is 17.6. The van der Waals surface area contributed by atoms with Gasteiger partial charge in [0.15, 0.2) is 0 Å². The van der Waals surface area contributed by atoms with E-state index in [0.29, 0.717) is 14.5 Å². The van der Waals surface area contributed by atoms with Crippen molar-refractivity contribution in [2.75, 3.05) is 6.61 Å². The van der Waals surface area contributed by atoms with Crippen LogP contribution in [0.25, 0.3) is 0 Å². The molecule has 0 saturated heterocycles. The van der Waals surface area contributed by atoms with E-state index in [1.807, 2.05) is 0 Å². The molecular formula is C13H14Br2N2O4. The lowest BCUT2D eigenvalue weighted by Gasteiger charge is -2.15. The summed E-state index contributed by atoms with van der Waals surface area (Å²) < 4.78 is 6.13. The van der Waals surface area contributed by atoms with Crippen molar-refractivity contribution >= 4 is 49.6 Å². The summed E-state index contributed by atoms with van der Waals surface area (Å²) >= 11 is 6.52. The predicted molar refractivity (Wildman–Crippen MR) is 83.5 cm³/mol. The second-order valence-electron chi connectivity index (χ2n) is 4.10. The van der Waals surface area contributed by atoms with Gasteiger partial charge in [-0.2, -0.15) is 0 Å². The number of carbonyl (C=O) groups excluding carboxylic acids is 3. The van der Waals surface area contributed by atoms with Crippen LogP contribution in [-0.2, 0) is 14.3 Å². The highest BCUT2D eigenvalue weighted by atomic mass is 79.9. The van der Waals surface area contributed by atoms with Gasteiger partial charge in [-0.15, -0.1) is 0 Å². The molecule has 6 nitrogen and oxygen atoms in total. The largest absolute Gasteiger partial charge is 0.466 e. The Balaban J connectivity index is 2.81. The van der Waals surface area contributed by atoms with Gasteiger partial charge in [0, 0.05) is 14.5 Å². The third-order valence-corrected chi connectivity index (χ3v) is 3.37. The van der Waals surface area contributed by atoms with E-state index in [0.717, 1.165) is 0 Å². The molecule has 0 aliphatic heterocycles. The standard InChI is InChI=1S/C13H14Br2N2O4/c1-2-21-11(18)6-10(12(16)19)17-13(20)7-3-8(14)5-9(15)4-7/h3-5,10H,2,6H2,1H3,(H2,16,19)(H,17,20)/t10-/m0/s1. The van der Waals surface area contributed by atoms with Gasteiger partial charge in [0.2, 0.25) is 5.91 Å². The molecule has 3 N–H and O–H groups in total. The lowest BCUT2D eigenvalue weighted by atomic mass is 10.1. The Labute approximate surface area is 138 Å². The second kappa shape index (κ2) is 8.14. The highest BCUT2D eigenvalue weighted by Crippen LogP contribution is 2.20. The Kier molecular flexibility index (Phi) is 6.83. The van der Waals surface area contributed by atoms with E-state index in [1.54, 1.807) is 25.1 Å². The molecule has 0 unspecified atom stereocenters. The number of nitrogens with one attached hydrogen (secondary N) is 1. The zero-order valence-corrected chi connectivity index (χ0v) is 14.4. The Morgan fingerprint density at radius 2 is 1.81 bits per heavy atom. The SMILES string of the molecule is CCOC(=O)C[C@H](NC(=O)c1cc(Br)cc(Br)c1)C(N)=O. The first-order chi connectivity index (χ1) is 9.83. The van der Waals surface area contributed by atoms with Crippen molar-refractivity contribution in [1.29, 1.82) is 0 Å². The number of amides is 2. The summed E-state index contributed by atoms with van der Waals surface area (Å²) in [5.41, 5.74) is 5.51. The minimum Gasteiger partial charge on any atom is -0.466 e. The van der Waals surface area contributed by atoms with Crippen LogP contribution in [0.5, 0.6) is 0 Å². The molecular weight excluding hydrogens is 408 g/mol. The Bertz CT molecular complexity index is 543. The number of rotatable bonds is 6. The summed E-state index contributed by atoms with van der Waals surface area (Å²) in [5, 5.41) is 2.42. The molecule has 1 aromatic carbocycles. The fourth-order valence-electron chi connectivity index (χ4n) is 1.54. The fraction of sp³-hybridized carbons (Fsp3) is 0.308. The number of hydrogen-bond donors (Lipinski definition) is 2. The van der Waals surface area contributed by atoms with Crippen molar-refractivity contribution in [3.63, 3.8) is 0 Å². The molecule has 1 aromatic rings. The monoisotopic (exact) mass is 420 g/mol. The van der Waals surface area contributed by atoms with E-state index >= 15 is 0 Å². The van der Waals surface area contributed by atoms with E-state index in [4.69, 9.17) is 10.5 Å². The summed E-state index contributed by atoms with van der Waals surface area (Å²) in [6, 6.07) is 3.82. The average Bonchev–Trinajstić information content (AvgIpc) is 2.36. The molecule has 8 heteroatoms. The minimum atomic E-state index is -1.12. The number of esters is 1. The molecule has 0 aromatic heterocycles. The molecule has 0 bridgehead atoms. The molecule has 0 radical (unpaired) electrons. The summed E-state index contributed by atoms with van der Waals surface area (Å²) in [5.74, 6) is -1.91. The van der Waals surface area contributed by atoms with Crippen molar-refractivity contribution in [2.24, 2.45) is 5.73 Å². The van der Waals surface area contributed by atoms with Gasteiger partial charge < -0.3 is 15.8 Å². The number of hydrogen-bond acceptors (Lipinski definition) is 4. The molecule has 2 amide bonds. The van der Waals surface area contributed by atoms with Crippen LogP contribution in [0.1, 0.15) is 23.7 Å². The van der Waals surface area contributed by atoms with Crippen molar-refractivity contribution in [3.8, 4) is 0 Å². The van der Waals surface area contributed by atoms with E-state index in [2.05, 4.69) is 37.2 Å². The normalized spacial score (nSPS) is 11.6. The maximum absolute atomic E-state index is 12.1. The van der Waals surface area contributed by atoms with Gasteiger partial charge in [-0.1, -0.05) is 31.9 Å². The Morgan fingerprint density at radius 1 is 1.24 bits per heavy atom. The molecule has 0 spiro atoms. The van der Waals surface area contributed by atoms with Crippen LogP contribution in [0.4, 0.5) is 0 Å². The van der Waals surface area contributed by atoms with Gasteiger partial charge in [-0.3, -0.25) is 14.4 Å². The number of ether oxygens (including phenoxy) is 1. The second-order valence-corrected chi connectivity index (χ2v) is 5.93. The highest BCUT2D eigenvalue weighted by Gasteiger charge is 2.23. The van der Waals surface area contributed by atoms with Crippen molar-refractivity contribution in [1.82, 2.24) is 5.32 Å². The van der Waals surface area contributed by atoms with Crippen LogP contribution in [-0.4, -0.2) is 30.4 Å². The molecule has 21 heavy (non-hydrogen) atoms. The van der Waals surface area contributed by atoms with E-state index in [-0.39, 0.29) is 13.0 Å². The number of primary amides is 1. The Hall–Kier alpha value is -1.41. The molecule has 114 valence electrons. The summed E-state index contributed by atoms with van der Waals surface area (Å²) in [4.78, 5) is 34.8. The quantitative estimate of drug-likeness (QED) is 0.683. The summed E-state index contributed by atoms with van der Waals surface area (Å²) in [6.07, 6.45) is -0.302. The molecule has 0 saturated carbocycles. The van der Waals surface area contributed by atoms with Gasteiger partial charge in [-0.05, 0) is 25.1 Å². The third-order valence-electron chi connectivity index (χ3n) is 2.45. The van der Waals surface area contributed by atoms with Crippen molar-refractivity contribution in [2.45, 2.75) is 19.4 Å². The lowest BCUT2D eigenvalue weighted by Crippen LogP contribution is -2.45.